The van der Waals surface area contributed by atoms with E-state index in [-0.39, 0.29) is 5.75 Å². The molecule has 21 heavy (non-hydrogen) atoms. The summed E-state index contributed by atoms with van der Waals surface area (Å²) in [5.74, 6) is -1.14. The highest BCUT2D eigenvalue weighted by Gasteiger charge is 2.10. The molecular formula is C12H14N4O4S. The Hall–Kier alpha value is -2.13. The molecule has 0 saturated heterocycles. The van der Waals surface area contributed by atoms with Crippen molar-refractivity contribution in [2.75, 3.05) is 19.5 Å². The number of aliphatic carboxylic acids is 1. The quantitative estimate of drug-likeness (QED) is 0.578. The monoisotopic (exact) mass is 310 g/mol. The zero-order chi connectivity index (χ0) is 15.2. The molecule has 8 nitrogen and oxygen atoms in total. The molecule has 0 unspecified atom stereocenters. The summed E-state index contributed by atoms with van der Waals surface area (Å²) in [6.45, 7) is 1.13. The van der Waals surface area contributed by atoms with Crippen LogP contribution in [0, 0.1) is 0 Å². The van der Waals surface area contributed by atoms with Crippen molar-refractivity contribution in [2.45, 2.75) is 11.7 Å². The Morgan fingerprint density at radius 1 is 1.52 bits per heavy atom. The molecule has 2 aromatic rings. The maximum atomic E-state index is 11.3. The maximum Gasteiger partial charge on any atom is 0.313 e. The summed E-state index contributed by atoms with van der Waals surface area (Å²) in [4.78, 5) is 25.8. The van der Waals surface area contributed by atoms with Crippen LogP contribution in [0.2, 0.25) is 0 Å². The Morgan fingerprint density at radius 3 is 3.05 bits per heavy atom. The van der Waals surface area contributed by atoms with E-state index in [9.17, 15) is 9.59 Å². The molecule has 9 heteroatoms. The van der Waals surface area contributed by atoms with Gasteiger partial charge in [-0.3, -0.25) is 18.8 Å². The van der Waals surface area contributed by atoms with Crippen molar-refractivity contribution in [3.63, 3.8) is 0 Å². The van der Waals surface area contributed by atoms with Crippen LogP contribution in [0.4, 0.5) is 0 Å². The standard InChI is InChI=1S/C12H14N4O4S/c1-20-5-4-15-7-9(6-13-15)16-3-2-10(17)14-12(16)21-8-11(18)19/h2-3,6-7H,4-5,8H2,1H3,(H,18,19). The molecule has 0 amide bonds. The molecular weight excluding hydrogens is 296 g/mol. The van der Waals surface area contributed by atoms with Crippen molar-refractivity contribution >= 4 is 17.7 Å². The largest absolute Gasteiger partial charge is 0.481 e. The van der Waals surface area contributed by atoms with E-state index in [0.29, 0.717) is 24.0 Å². The minimum Gasteiger partial charge on any atom is -0.481 e. The van der Waals surface area contributed by atoms with Gasteiger partial charge in [-0.1, -0.05) is 11.8 Å². The predicted octanol–water partition coefficient (Wildman–Crippen LogP) is 0.252. The molecule has 0 aliphatic rings. The molecule has 0 bridgehead atoms. The highest BCUT2D eigenvalue weighted by atomic mass is 32.2. The van der Waals surface area contributed by atoms with Crippen LogP contribution in [0.3, 0.4) is 0 Å². The van der Waals surface area contributed by atoms with Gasteiger partial charge in [-0.25, -0.2) is 0 Å². The van der Waals surface area contributed by atoms with Crippen LogP contribution in [0.15, 0.2) is 34.6 Å². The summed E-state index contributed by atoms with van der Waals surface area (Å²) in [6.07, 6.45) is 4.94. The number of hydrogen-bond donors (Lipinski definition) is 1. The van der Waals surface area contributed by atoms with Gasteiger partial charge in [0.15, 0.2) is 5.16 Å². The lowest BCUT2D eigenvalue weighted by molar-refractivity contribution is -0.133. The zero-order valence-electron chi connectivity index (χ0n) is 11.3. The summed E-state index contributed by atoms with van der Waals surface area (Å²) in [6, 6.07) is 1.32. The average Bonchev–Trinajstić information content (AvgIpc) is 2.91. The molecule has 0 radical (unpaired) electrons. The number of methoxy groups -OCH3 is 1. The van der Waals surface area contributed by atoms with Crippen molar-refractivity contribution in [3.8, 4) is 5.69 Å². The molecule has 2 rings (SSSR count). The number of aromatic nitrogens is 4. The summed E-state index contributed by atoms with van der Waals surface area (Å²) >= 11 is 0.982. The smallest absolute Gasteiger partial charge is 0.313 e. The highest BCUT2D eigenvalue weighted by Crippen LogP contribution is 2.18. The van der Waals surface area contributed by atoms with Crippen molar-refractivity contribution in [3.05, 3.63) is 35.0 Å². The van der Waals surface area contributed by atoms with E-state index in [1.807, 2.05) is 0 Å². The van der Waals surface area contributed by atoms with Crippen LogP contribution in [-0.2, 0) is 16.1 Å². The first-order valence-corrected chi connectivity index (χ1v) is 7.05. The van der Waals surface area contributed by atoms with Crippen LogP contribution >= 0.6 is 11.8 Å². The minimum absolute atomic E-state index is 0.172. The fourth-order valence-corrected chi connectivity index (χ4v) is 2.31. The topological polar surface area (TPSA) is 99.2 Å². The van der Waals surface area contributed by atoms with E-state index >= 15 is 0 Å². The number of nitrogens with zero attached hydrogens (tertiary/aromatic N) is 4. The van der Waals surface area contributed by atoms with E-state index < -0.39 is 11.5 Å². The number of carbonyl (C=O) groups is 1. The number of ether oxygens (including phenoxy) is 1. The lowest BCUT2D eigenvalue weighted by atomic mass is 10.5. The Balaban J connectivity index is 2.27. The fourth-order valence-electron chi connectivity index (χ4n) is 1.60. The summed E-state index contributed by atoms with van der Waals surface area (Å²) in [5, 5.41) is 13.2. The second kappa shape index (κ2) is 7.04. The van der Waals surface area contributed by atoms with Crippen molar-refractivity contribution in [2.24, 2.45) is 0 Å². The van der Waals surface area contributed by atoms with Gasteiger partial charge in [-0.15, -0.1) is 0 Å². The number of thioether (sulfide) groups is 1. The normalized spacial score (nSPS) is 10.7. The molecule has 0 saturated carbocycles. The van der Waals surface area contributed by atoms with E-state index in [0.717, 1.165) is 11.8 Å². The molecule has 0 aromatic carbocycles. The maximum absolute atomic E-state index is 11.3. The van der Waals surface area contributed by atoms with Gasteiger partial charge in [0.2, 0.25) is 0 Å². The predicted molar refractivity (Wildman–Crippen MR) is 75.9 cm³/mol. The second-order valence-electron chi connectivity index (χ2n) is 4.06. The lowest BCUT2D eigenvalue weighted by Crippen LogP contribution is -2.13. The SMILES string of the molecule is COCCn1cc(-n2ccc(=O)nc2SCC(=O)O)cn1. The van der Waals surface area contributed by atoms with Gasteiger partial charge in [0.05, 0.1) is 30.8 Å². The van der Waals surface area contributed by atoms with Crippen molar-refractivity contribution < 1.29 is 14.6 Å². The van der Waals surface area contributed by atoms with E-state index in [1.165, 1.54) is 6.07 Å². The van der Waals surface area contributed by atoms with Gasteiger partial charge < -0.3 is 9.84 Å². The first-order valence-electron chi connectivity index (χ1n) is 6.06. The van der Waals surface area contributed by atoms with Gasteiger partial charge in [0, 0.05) is 25.6 Å². The number of hydrogen-bond acceptors (Lipinski definition) is 6. The summed E-state index contributed by atoms with van der Waals surface area (Å²) < 4.78 is 8.30. The first kappa shape index (κ1) is 15.3. The number of carboxylic acids is 1. The highest BCUT2D eigenvalue weighted by molar-refractivity contribution is 7.99. The van der Waals surface area contributed by atoms with Gasteiger partial charge >= 0.3 is 5.97 Å². The Morgan fingerprint density at radius 2 is 2.33 bits per heavy atom. The minimum atomic E-state index is -0.972. The molecule has 0 aliphatic carbocycles. The number of rotatable bonds is 7. The van der Waals surface area contributed by atoms with Gasteiger partial charge in [-0.2, -0.15) is 10.1 Å². The fraction of sp³-hybridized carbons (Fsp3) is 0.333. The molecule has 0 aliphatic heterocycles. The molecule has 112 valence electrons. The van der Waals surface area contributed by atoms with Crippen molar-refractivity contribution in [1.29, 1.82) is 0 Å². The van der Waals surface area contributed by atoms with Gasteiger partial charge in [0.1, 0.15) is 0 Å². The Labute approximate surface area is 124 Å². The lowest BCUT2D eigenvalue weighted by Gasteiger charge is -2.08. The van der Waals surface area contributed by atoms with E-state index in [1.54, 1.807) is 34.9 Å². The van der Waals surface area contributed by atoms with Gasteiger partial charge in [0.25, 0.3) is 5.56 Å². The molecule has 2 aromatic heterocycles. The molecule has 0 atom stereocenters. The summed E-state index contributed by atoms with van der Waals surface area (Å²) in [5.41, 5.74) is 0.289. The van der Waals surface area contributed by atoms with E-state index in [4.69, 9.17) is 9.84 Å². The van der Waals surface area contributed by atoms with Crippen LogP contribution in [0.5, 0.6) is 0 Å². The van der Waals surface area contributed by atoms with Crippen LogP contribution in [0.1, 0.15) is 0 Å². The Kier molecular flexibility index (Phi) is 5.12. The molecule has 0 fully saturated rings. The van der Waals surface area contributed by atoms with Crippen molar-refractivity contribution in [1.82, 2.24) is 19.3 Å². The Bertz CT molecular complexity index is 682. The molecule has 1 N–H and O–H groups in total. The number of carboxylic acid groups (broad SMARTS) is 1. The third-order valence-electron chi connectivity index (χ3n) is 2.53. The molecule has 2 heterocycles. The van der Waals surface area contributed by atoms with E-state index in [2.05, 4.69) is 10.1 Å². The van der Waals surface area contributed by atoms with Crippen LogP contribution in [0.25, 0.3) is 5.69 Å². The van der Waals surface area contributed by atoms with Crippen LogP contribution < -0.4 is 5.56 Å². The van der Waals surface area contributed by atoms with Crippen LogP contribution in [-0.4, -0.2) is 49.9 Å². The third kappa shape index (κ3) is 4.17. The second-order valence-corrected chi connectivity index (χ2v) is 5.00. The summed E-state index contributed by atoms with van der Waals surface area (Å²) in [7, 11) is 1.61. The average molecular weight is 310 g/mol. The first-order chi connectivity index (χ1) is 10.1. The third-order valence-corrected chi connectivity index (χ3v) is 3.46. The molecule has 0 spiro atoms. The zero-order valence-corrected chi connectivity index (χ0v) is 12.1. The van der Waals surface area contributed by atoms with Gasteiger partial charge in [-0.05, 0) is 0 Å².